The van der Waals surface area contributed by atoms with Crippen LogP contribution in [0.2, 0.25) is 0 Å². The maximum atomic E-state index is 12.0. The van der Waals surface area contributed by atoms with Crippen molar-refractivity contribution in [1.82, 2.24) is 9.38 Å². The Balaban J connectivity index is 1.60. The Kier molecular flexibility index (Phi) is 5.76. The van der Waals surface area contributed by atoms with E-state index >= 15 is 0 Å². The van der Waals surface area contributed by atoms with Crippen molar-refractivity contribution in [3.8, 4) is 11.5 Å². The number of ether oxygens (including phenoxy) is 3. The first-order valence-corrected chi connectivity index (χ1v) is 8.67. The number of rotatable bonds is 7. The molecule has 0 fully saturated rings. The summed E-state index contributed by atoms with van der Waals surface area (Å²) in [7, 11) is 1.58. The Morgan fingerprint density at radius 1 is 1.22 bits per heavy atom. The number of hydrogen-bond donors (Lipinski definition) is 0. The lowest BCUT2D eigenvalue weighted by molar-refractivity contribution is -0.139. The van der Waals surface area contributed by atoms with Crippen LogP contribution in [0.25, 0.3) is 11.7 Å². The number of esters is 1. The Morgan fingerprint density at radius 3 is 2.81 bits per heavy atom. The molecule has 0 aliphatic carbocycles. The number of fused-ring (bicyclic) bond motifs is 1. The number of aromatic nitrogens is 2. The van der Waals surface area contributed by atoms with Crippen molar-refractivity contribution in [2.24, 2.45) is 0 Å². The normalized spacial score (nSPS) is 11.3. The third-order valence-corrected chi connectivity index (χ3v) is 3.74. The number of hydrogen-bond acceptors (Lipinski definition) is 5. The molecule has 6 heteroatoms. The first-order chi connectivity index (χ1) is 13.0. The Bertz CT molecular complexity index is 927. The predicted octanol–water partition coefficient (Wildman–Crippen LogP) is 3.89. The minimum atomic E-state index is -0.437. The van der Waals surface area contributed by atoms with E-state index in [4.69, 9.17) is 14.2 Å². The van der Waals surface area contributed by atoms with E-state index < -0.39 is 5.97 Å². The molecule has 0 radical (unpaired) electrons. The van der Waals surface area contributed by atoms with Gasteiger partial charge >= 0.3 is 5.97 Å². The Hall–Kier alpha value is -3.28. The zero-order chi connectivity index (χ0) is 19.2. The number of benzene rings is 1. The molecule has 0 bridgehead atoms. The highest BCUT2D eigenvalue weighted by atomic mass is 16.5. The maximum absolute atomic E-state index is 12.0. The highest BCUT2D eigenvalue weighted by Crippen LogP contribution is 2.29. The number of carbonyl (C=O) groups excluding carboxylic acids is 1. The van der Waals surface area contributed by atoms with Crippen molar-refractivity contribution < 1.29 is 19.0 Å². The number of carbonyl (C=O) groups is 1. The second kappa shape index (κ2) is 8.40. The molecule has 0 atom stereocenters. The summed E-state index contributed by atoms with van der Waals surface area (Å²) in [6.45, 7) is 4.02. The molecule has 0 aliphatic heterocycles. The van der Waals surface area contributed by atoms with Crippen molar-refractivity contribution >= 4 is 17.7 Å². The molecule has 2 aromatic heterocycles. The van der Waals surface area contributed by atoms with Crippen molar-refractivity contribution in [2.45, 2.75) is 26.6 Å². The third kappa shape index (κ3) is 4.88. The van der Waals surface area contributed by atoms with Gasteiger partial charge in [-0.1, -0.05) is 12.1 Å². The van der Waals surface area contributed by atoms with Crippen molar-refractivity contribution in [3.63, 3.8) is 0 Å². The van der Waals surface area contributed by atoms with Gasteiger partial charge in [0.2, 0.25) is 0 Å². The maximum Gasteiger partial charge on any atom is 0.331 e. The van der Waals surface area contributed by atoms with E-state index in [1.54, 1.807) is 13.2 Å². The molecule has 140 valence electrons. The molecule has 0 N–H and O–H groups in total. The van der Waals surface area contributed by atoms with Gasteiger partial charge in [0.05, 0.1) is 18.9 Å². The largest absolute Gasteiger partial charge is 0.493 e. The zero-order valence-electron chi connectivity index (χ0n) is 15.6. The number of imidazole rings is 1. The van der Waals surface area contributed by atoms with Crippen LogP contribution in [0.5, 0.6) is 11.5 Å². The second-order valence-corrected chi connectivity index (χ2v) is 6.22. The van der Waals surface area contributed by atoms with Gasteiger partial charge in [0.15, 0.2) is 11.5 Å². The summed E-state index contributed by atoms with van der Waals surface area (Å²) in [5.74, 6) is 0.844. The number of pyridine rings is 1. The number of methoxy groups -OCH3 is 1. The van der Waals surface area contributed by atoms with Crippen molar-refractivity contribution in [3.05, 3.63) is 66.1 Å². The van der Waals surface area contributed by atoms with Gasteiger partial charge in [-0.05, 0) is 49.8 Å². The predicted molar refractivity (Wildman–Crippen MR) is 103 cm³/mol. The lowest BCUT2D eigenvalue weighted by Gasteiger charge is -2.13. The third-order valence-electron chi connectivity index (χ3n) is 3.74. The molecule has 0 amide bonds. The Morgan fingerprint density at radius 2 is 2.07 bits per heavy atom. The van der Waals surface area contributed by atoms with E-state index in [0.29, 0.717) is 17.2 Å². The van der Waals surface area contributed by atoms with Crippen LogP contribution >= 0.6 is 0 Å². The van der Waals surface area contributed by atoms with E-state index in [2.05, 4.69) is 4.98 Å². The average molecular weight is 366 g/mol. The van der Waals surface area contributed by atoms with Gasteiger partial charge in [0.25, 0.3) is 0 Å². The van der Waals surface area contributed by atoms with Gasteiger partial charge < -0.3 is 18.6 Å². The minimum absolute atomic E-state index is 0.0508. The van der Waals surface area contributed by atoms with Crippen molar-refractivity contribution in [1.29, 1.82) is 0 Å². The topological polar surface area (TPSA) is 62.1 Å². The molecule has 1 aromatic carbocycles. The highest BCUT2D eigenvalue weighted by molar-refractivity contribution is 5.87. The summed E-state index contributed by atoms with van der Waals surface area (Å²) in [4.78, 5) is 16.4. The molecular formula is C21H22N2O4. The average Bonchev–Trinajstić information content (AvgIpc) is 3.08. The Labute approximate surface area is 158 Å². The van der Waals surface area contributed by atoms with Gasteiger partial charge in [-0.2, -0.15) is 0 Å². The molecule has 0 spiro atoms. The lowest BCUT2D eigenvalue weighted by Crippen LogP contribution is -2.06. The minimum Gasteiger partial charge on any atom is -0.493 e. The van der Waals surface area contributed by atoms with Gasteiger partial charge in [0.1, 0.15) is 12.3 Å². The van der Waals surface area contributed by atoms with Gasteiger partial charge in [0, 0.05) is 18.5 Å². The molecule has 6 nitrogen and oxygen atoms in total. The fourth-order valence-corrected chi connectivity index (χ4v) is 2.55. The van der Waals surface area contributed by atoms with Crippen LogP contribution in [0.3, 0.4) is 0 Å². The van der Waals surface area contributed by atoms with Crippen LogP contribution in [-0.4, -0.2) is 28.6 Å². The van der Waals surface area contributed by atoms with E-state index in [1.165, 1.54) is 6.08 Å². The quantitative estimate of drug-likeness (QED) is 0.469. The molecule has 0 unspecified atom stereocenters. The van der Waals surface area contributed by atoms with Gasteiger partial charge in [-0.25, -0.2) is 9.78 Å². The van der Waals surface area contributed by atoms with E-state index in [9.17, 15) is 4.79 Å². The second-order valence-electron chi connectivity index (χ2n) is 6.22. The first-order valence-electron chi connectivity index (χ1n) is 8.67. The van der Waals surface area contributed by atoms with Gasteiger partial charge in [-0.3, -0.25) is 0 Å². The van der Waals surface area contributed by atoms with Gasteiger partial charge in [-0.15, -0.1) is 0 Å². The summed E-state index contributed by atoms with van der Waals surface area (Å²) in [6, 6.07) is 11.2. The fourth-order valence-electron chi connectivity index (χ4n) is 2.55. The molecule has 2 heterocycles. The van der Waals surface area contributed by atoms with E-state index in [1.807, 2.05) is 67.0 Å². The lowest BCUT2D eigenvalue weighted by atomic mass is 10.2. The van der Waals surface area contributed by atoms with Crippen LogP contribution in [-0.2, 0) is 16.1 Å². The van der Waals surface area contributed by atoms with E-state index in [-0.39, 0.29) is 12.7 Å². The van der Waals surface area contributed by atoms with Crippen LogP contribution in [0.1, 0.15) is 25.1 Å². The molecule has 0 saturated carbocycles. The smallest absolute Gasteiger partial charge is 0.331 e. The van der Waals surface area contributed by atoms with Crippen LogP contribution in [0, 0.1) is 0 Å². The summed E-state index contributed by atoms with van der Waals surface area (Å²) in [5.41, 5.74) is 2.32. The monoisotopic (exact) mass is 366 g/mol. The molecular weight excluding hydrogens is 344 g/mol. The molecule has 3 rings (SSSR count). The molecule has 0 saturated heterocycles. The van der Waals surface area contributed by atoms with Crippen molar-refractivity contribution in [2.75, 3.05) is 7.11 Å². The van der Waals surface area contributed by atoms with Crippen LogP contribution < -0.4 is 9.47 Å². The summed E-state index contributed by atoms with van der Waals surface area (Å²) in [5, 5.41) is 0. The standard InChI is InChI=1S/C21H22N2O4/c1-15(2)27-18-9-7-16(12-19(18)25-3)8-10-21(24)26-14-17-13-23-11-5-4-6-20(23)22-17/h4-13,15H,14H2,1-3H3/b10-8+. The SMILES string of the molecule is COc1cc(/C=C/C(=O)OCc2cn3ccccc3n2)ccc1OC(C)C. The summed E-state index contributed by atoms with van der Waals surface area (Å²) >= 11 is 0. The fraction of sp³-hybridized carbons (Fsp3) is 0.238. The summed E-state index contributed by atoms with van der Waals surface area (Å²) in [6.07, 6.45) is 6.84. The van der Waals surface area contributed by atoms with E-state index in [0.717, 1.165) is 11.2 Å². The molecule has 3 aromatic rings. The zero-order valence-corrected chi connectivity index (χ0v) is 15.6. The molecule has 0 aliphatic rings. The highest BCUT2D eigenvalue weighted by Gasteiger charge is 2.07. The first kappa shape index (κ1) is 18.5. The molecule has 27 heavy (non-hydrogen) atoms. The number of nitrogens with zero attached hydrogens (tertiary/aromatic N) is 2. The summed E-state index contributed by atoms with van der Waals surface area (Å²) < 4.78 is 18.2. The van der Waals surface area contributed by atoms with Crippen LogP contribution in [0.15, 0.2) is 54.9 Å². The van der Waals surface area contributed by atoms with Crippen LogP contribution in [0.4, 0.5) is 0 Å².